The van der Waals surface area contributed by atoms with Gasteiger partial charge in [-0.05, 0) is 19.4 Å². The zero-order valence-corrected chi connectivity index (χ0v) is 9.64. The molecule has 0 aliphatic heterocycles. The molecule has 0 saturated heterocycles. The van der Waals surface area contributed by atoms with E-state index in [-0.39, 0.29) is 17.2 Å². The lowest BCUT2D eigenvalue weighted by molar-refractivity contribution is 0.0696. The van der Waals surface area contributed by atoms with Crippen molar-refractivity contribution in [1.82, 2.24) is 4.57 Å². The van der Waals surface area contributed by atoms with E-state index in [2.05, 4.69) is 6.82 Å². The average molecular weight is 221 g/mol. The first-order chi connectivity index (χ1) is 7.56. The zero-order valence-electron chi connectivity index (χ0n) is 9.64. The lowest BCUT2D eigenvalue weighted by Gasteiger charge is -2.14. The first kappa shape index (κ1) is 12.6. The molecule has 0 amide bonds. The van der Waals surface area contributed by atoms with Gasteiger partial charge in [-0.25, -0.2) is 4.79 Å². The van der Waals surface area contributed by atoms with Crippen LogP contribution in [-0.4, -0.2) is 22.9 Å². The van der Waals surface area contributed by atoms with Crippen LogP contribution in [0.3, 0.4) is 0 Å². The number of carboxylic acids is 1. The van der Waals surface area contributed by atoms with Crippen molar-refractivity contribution in [2.75, 3.05) is 0 Å². The molecular weight excluding hydrogens is 205 g/mol. The van der Waals surface area contributed by atoms with Crippen molar-refractivity contribution in [3.63, 3.8) is 0 Å². The maximum atomic E-state index is 11.6. The molecule has 1 rings (SSSR count). The van der Waals surface area contributed by atoms with Gasteiger partial charge in [0, 0.05) is 18.3 Å². The Morgan fingerprint density at radius 2 is 2.31 bits per heavy atom. The normalized spacial score (nSPS) is 12.1. The topological polar surface area (TPSA) is 59.3 Å². The van der Waals surface area contributed by atoms with Gasteiger partial charge in [-0.2, -0.15) is 0 Å². The molecule has 16 heavy (non-hydrogen) atoms. The van der Waals surface area contributed by atoms with Gasteiger partial charge in [-0.15, -0.1) is 0 Å². The highest BCUT2D eigenvalue weighted by molar-refractivity contribution is 6.33. The molecule has 0 bridgehead atoms. The predicted octanol–water partition coefficient (Wildman–Crippen LogP) is 1.40. The van der Waals surface area contributed by atoms with E-state index in [0.717, 1.165) is 20.0 Å². The summed E-state index contributed by atoms with van der Waals surface area (Å²) < 4.78 is 1.59. The Kier molecular flexibility index (Phi) is 4.34. The van der Waals surface area contributed by atoms with Gasteiger partial charge in [0.15, 0.2) is 0 Å². The van der Waals surface area contributed by atoms with Crippen LogP contribution in [0.5, 0.6) is 0 Å². The van der Waals surface area contributed by atoms with Gasteiger partial charge in [0.05, 0.1) is 5.56 Å². The summed E-state index contributed by atoms with van der Waals surface area (Å²) in [5.74, 6) is -1.06. The third kappa shape index (κ3) is 2.99. The van der Waals surface area contributed by atoms with E-state index in [1.807, 2.05) is 6.92 Å². The van der Waals surface area contributed by atoms with Crippen LogP contribution < -0.4 is 5.56 Å². The fraction of sp³-hybridized carbons (Fsp3) is 0.455. The molecule has 1 heterocycles. The molecule has 0 aliphatic rings. The number of aromatic nitrogens is 1. The summed E-state index contributed by atoms with van der Waals surface area (Å²) in [6.07, 6.45) is 3.56. The lowest BCUT2D eigenvalue weighted by atomic mass is 9.76. The fourth-order valence-corrected chi connectivity index (χ4v) is 1.63. The highest BCUT2D eigenvalue weighted by Gasteiger charge is 2.09. The molecule has 4 nitrogen and oxygen atoms in total. The molecule has 1 atom stereocenters. The number of hydrogen-bond donors (Lipinski definition) is 1. The summed E-state index contributed by atoms with van der Waals surface area (Å²) in [7, 11) is 1.09. The minimum Gasteiger partial charge on any atom is -0.478 e. The first-order valence-corrected chi connectivity index (χ1v) is 5.51. The summed E-state index contributed by atoms with van der Waals surface area (Å²) in [6.45, 7) is 4.07. The van der Waals surface area contributed by atoms with Gasteiger partial charge in [0.1, 0.15) is 7.28 Å². The molecule has 5 heteroatoms. The summed E-state index contributed by atoms with van der Waals surface area (Å²) >= 11 is 0. The maximum Gasteiger partial charge on any atom is 0.335 e. The molecule has 0 saturated carbocycles. The van der Waals surface area contributed by atoms with Gasteiger partial charge in [-0.1, -0.05) is 13.1 Å². The number of nitrogens with zero attached hydrogens (tertiary/aromatic N) is 1. The Labute approximate surface area is 95.2 Å². The van der Waals surface area contributed by atoms with Gasteiger partial charge in [-0.3, -0.25) is 4.79 Å². The van der Waals surface area contributed by atoms with Crippen molar-refractivity contribution in [1.29, 1.82) is 0 Å². The van der Waals surface area contributed by atoms with Crippen LogP contribution in [-0.2, 0) is 0 Å². The summed E-state index contributed by atoms with van der Waals surface area (Å²) in [5, 5.41) is 8.73. The number of aromatic carboxylic acids is 1. The van der Waals surface area contributed by atoms with E-state index in [9.17, 15) is 9.59 Å². The van der Waals surface area contributed by atoms with Crippen LogP contribution >= 0.6 is 0 Å². The highest BCUT2D eigenvalue weighted by atomic mass is 16.4. The highest BCUT2D eigenvalue weighted by Crippen LogP contribution is 2.10. The van der Waals surface area contributed by atoms with Crippen LogP contribution in [0.2, 0.25) is 13.1 Å². The Hall–Kier alpha value is -1.52. The second kappa shape index (κ2) is 5.54. The Bertz CT molecular complexity index is 427. The van der Waals surface area contributed by atoms with Gasteiger partial charge >= 0.3 is 5.97 Å². The molecule has 0 radical (unpaired) electrons. The Morgan fingerprint density at radius 1 is 1.62 bits per heavy atom. The van der Waals surface area contributed by atoms with Crippen molar-refractivity contribution in [2.45, 2.75) is 32.5 Å². The number of carbonyl (C=O) groups is 1. The third-order valence-corrected chi connectivity index (χ3v) is 2.65. The zero-order chi connectivity index (χ0) is 12.1. The van der Waals surface area contributed by atoms with Crippen molar-refractivity contribution < 1.29 is 9.90 Å². The quantitative estimate of drug-likeness (QED) is 0.764. The second-order valence-corrected chi connectivity index (χ2v) is 3.96. The van der Waals surface area contributed by atoms with Crippen molar-refractivity contribution >= 4 is 13.2 Å². The second-order valence-electron chi connectivity index (χ2n) is 3.96. The molecule has 0 aromatic carbocycles. The molecule has 0 fully saturated rings. The molecule has 1 aromatic heterocycles. The van der Waals surface area contributed by atoms with Crippen LogP contribution in [0.25, 0.3) is 0 Å². The van der Waals surface area contributed by atoms with E-state index in [4.69, 9.17) is 5.11 Å². The first-order valence-electron chi connectivity index (χ1n) is 5.51. The van der Waals surface area contributed by atoms with Crippen molar-refractivity contribution in [2.24, 2.45) is 0 Å². The number of pyridine rings is 1. The predicted molar refractivity (Wildman–Crippen MR) is 64.8 cm³/mol. The van der Waals surface area contributed by atoms with Gasteiger partial charge < -0.3 is 9.67 Å². The number of carboxylic acid groups (broad SMARTS) is 1. The molecule has 1 aromatic rings. The molecule has 0 aliphatic carbocycles. The smallest absolute Gasteiger partial charge is 0.335 e. The summed E-state index contributed by atoms with van der Waals surface area (Å²) in [6, 6.07) is 2.76. The standard InChI is InChI=1S/C11H16BNO3/c1-8(3-5-12-2)13-6-4-9(11(15)16)7-10(13)14/h4,6-8,12H,3,5H2,1-2H3,(H,15,16). The average Bonchev–Trinajstić information content (AvgIpc) is 2.25. The minimum atomic E-state index is -1.06. The Balaban J connectivity index is 2.90. The summed E-state index contributed by atoms with van der Waals surface area (Å²) in [5.41, 5.74) is -0.201. The van der Waals surface area contributed by atoms with Crippen LogP contribution in [0.4, 0.5) is 0 Å². The third-order valence-electron chi connectivity index (χ3n) is 2.65. The Morgan fingerprint density at radius 3 is 2.81 bits per heavy atom. The van der Waals surface area contributed by atoms with Crippen LogP contribution in [0.15, 0.2) is 23.1 Å². The van der Waals surface area contributed by atoms with E-state index < -0.39 is 5.97 Å². The van der Waals surface area contributed by atoms with Crippen LogP contribution in [0.1, 0.15) is 29.7 Å². The van der Waals surface area contributed by atoms with E-state index >= 15 is 0 Å². The van der Waals surface area contributed by atoms with E-state index in [0.29, 0.717) is 0 Å². The largest absolute Gasteiger partial charge is 0.478 e. The maximum absolute atomic E-state index is 11.6. The monoisotopic (exact) mass is 221 g/mol. The molecule has 0 spiro atoms. The fourth-order valence-electron chi connectivity index (χ4n) is 1.63. The molecule has 1 N–H and O–H groups in total. The van der Waals surface area contributed by atoms with E-state index in [1.165, 1.54) is 12.1 Å². The van der Waals surface area contributed by atoms with Gasteiger partial charge in [0.25, 0.3) is 5.56 Å². The summed E-state index contributed by atoms with van der Waals surface area (Å²) in [4.78, 5) is 22.3. The lowest BCUT2D eigenvalue weighted by Crippen LogP contribution is -2.23. The van der Waals surface area contributed by atoms with Crippen LogP contribution in [0, 0.1) is 0 Å². The van der Waals surface area contributed by atoms with Crippen molar-refractivity contribution in [3.05, 3.63) is 34.2 Å². The molecule has 86 valence electrons. The number of rotatable bonds is 5. The van der Waals surface area contributed by atoms with Gasteiger partial charge in [0.2, 0.25) is 0 Å². The SMILES string of the molecule is CBCCC(C)n1ccc(C(=O)O)cc1=O. The van der Waals surface area contributed by atoms with Crippen molar-refractivity contribution in [3.8, 4) is 0 Å². The molecular formula is C11H16BNO3. The van der Waals surface area contributed by atoms with E-state index in [1.54, 1.807) is 10.8 Å². The molecule has 1 unspecified atom stereocenters. The number of hydrogen-bond acceptors (Lipinski definition) is 2. The minimum absolute atomic E-state index is 0.0453.